The molecule has 164 valence electrons. The van der Waals surface area contributed by atoms with Crippen LogP contribution in [0.4, 0.5) is 0 Å². The summed E-state index contributed by atoms with van der Waals surface area (Å²) in [6.07, 6.45) is 6.35. The van der Waals surface area contributed by atoms with Crippen LogP contribution in [0, 0.1) is 0 Å². The van der Waals surface area contributed by atoms with Gasteiger partial charge in [0.25, 0.3) is 0 Å². The number of aliphatic imine (C=N–C) groups is 1. The summed E-state index contributed by atoms with van der Waals surface area (Å²) < 4.78 is 1.75. The van der Waals surface area contributed by atoms with Crippen molar-refractivity contribution < 1.29 is 4.79 Å². The molecule has 0 atom stereocenters. The van der Waals surface area contributed by atoms with Gasteiger partial charge in [-0.25, -0.2) is 9.98 Å². The van der Waals surface area contributed by atoms with E-state index in [2.05, 4.69) is 37.0 Å². The summed E-state index contributed by atoms with van der Waals surface area (Å²) in [7, 11) is 1.88. The summed E-state index contributed by atoms with van der Waals surface area (Å²) in [5.41, 5.74) is 0. The molecular weight excluding hydrogens is 483 g/mol. The first-order chi connectivity index (χ1) is 13.7. The van der Waals surface area contributed by atoms with Gasteiger partial charge in [-0.2, -0.15) is 5.10 Å². The molecule has 0 spiro atoms. The Morgan fingerprint density at radius 1 is 1.07 bits per heavy atom. The van der Waals surface area contributed by atoms with Crippen LogP contribution in [0.15, 0.2) is 11.3 Å². The number of carbonyl (C=O) groups excluding carboxylic acids is 1. The molecule has 1 N–H and O–H groups in total. The second-order valence-electron chi connectivity index (χ2n) is 7.53. The van der Waals surface area contributed by atoms with Gasteiger partial charge in [-0.05, 0) is 19.8 Å². The van der Waals surface area contributed by atoms with Crippen molar-refractivity contribution >= 4 is 35.8 Å². The van der Waals surface area contributed by atoms with Gasteiger partial charge in [0.15, 0.2) is 5.96 Å². The summed E-state index contributed by atoms with van der Waals surface area (Å²) in [5, 5.41) is 7.47. The third kappa shape index (κ3) is 7.09. The van der Waals surface area contributed by atoms with E-state index in [1.165, 1.54) is 12.8 Å². The Kier molecular flexibility index (Phi) is 10.1. The predicted molar refractivity (Wildman–Crippen MR) is 124 cm³/mol. The van der Waals surface area contributed by atoms with Crippen molar-refractivity contribution in [3.05, 3.63) is 12.2 Å². The van der Waals surface area contributed by atoms with Crippen LogP contribution in [-0.2, 0) is 18.4 Å². The molecule has 3 heterocycles. The van der Waals surface area contributed by atoms with Crippen LogP contribution >= 0.6 is 24.0 Å². The zero-order chi connectivity index (χ0) is 19.8. The van der Waals surface area contributed by atoms with E-state index in [-0.39, 0.29) is 24.0 Å². The quantitative estimate of drug-likeness (QED) is 0.355. The van der Waals surface area contributed by atoms with E-state index in [0.29, 0.717) is 19.0 Å². The van der Waals surface area contributed by atoms with Crippen LogP contribution in [0.1, 0.15) is 38.4 Å². The van der Waals surface area contributed by atoms with E-state index >= 15 is 0 Å². The standard InChI is InChI=1S/C19H34N8O.HI/c1-3-20-19(21-14-17-22-16-23-24(17)2)27-12-10-25(11-13-27)15-18(28)26-8-6-4-5-7-9-26;/h16H,3-15H2,1-2H3,(H,20,21);1H. The van der Waals surface area contributed by atoms with E-state index < -0.39 is 0 Å². The Bertz CT molecular complexity index is 648. The molecule has 10 heteroatoms. The smallest absolute Gasteiger partial charge is 0.236 e. The molecule has 2 aliphatic heterocycles. The largest absolute Gasteiger partial charge is 0.357 e. The Morgan fingerprint density at radius 2 is 1.76 bits per heavy atom. The highest BCUT2D eigenvalue weighted by molar-refractivity contribution is 14.0. The molecule has 1 amide bonds. The second kappa shape index (κ2) is 12.3. The number of aryl methyl sites for hydroxylation is 1. The maximum atomic E-state index is 12.6. The van der Waals surface area contributed by atoms with Crippen molar-refractivity contribution in [3.63, 3.8) is 0 Å². The number of hydrogen-bond donors (Lipinski definition) is 1. The molecule has 0 saturated carbocycles. The normalized spacial score (nSPS) is 18.9. The molecule has 0 radical (unpaired) electrons. The van der Waals surface area contributed by atoms with Crippen molar-refractivity contribution in [2.75, 3.05) is 52.4 Å². The lowest BCUT2D eigenvalue weighted by Gasteiger charge is -2.37. The fourth-order valence-corrected chi connectivity index (χ4v) is 3.76. The molecule has 29 heavy (non-hydrogen) atoms. The lowest BCUT2D eigenvalue weighted by Crippen LogP contribution is -2.54. The van der Waals surface area contributed by atoms with Crippen molar-refractivity contribution in [2.24, 2.45) is 12.0 Å². The van der Waals surface area contributed by atoms with Crippen LogP contribution in [0.25, 0.3) is 0 Å². The van der Waals surface area contributed by atoms with Crippen LogP contribution in [0.3, 0.4) is 0 Å². The zero-order valence-corrected chi connectivity index (χ0v) is 20.0. The molecular formula is C19H35IN8O. The SMILES string of the molecule is CCNC(=NCc1ncnn1C)N1CCN(CC(=O)N2CCCCCC2)CC1.I. The Labute approximate surface area is 190 Å². The lowest BCUT2D eigenvalue weighted by molar-refractivity contribution is -0.132. The van der Waals surface area contributed by atoms with Gasteiger partial charge in [0.1, 0.15) is 18.7 Å². The highest BCUT2D eigenvalue weighted by Crippen LogP contribution is 2.11. The Morgan fingerprint density at radius 3 is 2.34 bits per heavy atom. The molecule has 1 aromatic rings. The van der Waals surface area contributed by atoms with E-state index in [0.717, 1.165) is 70.4 Å². The first-order valence-electron chi connectivity index (χ1n) is 10.5. The average Bonchev–Trinajstić information content (AvgIpc) is 2.94. The monoisotopic (exact) mass is 518 g/mol. The van der Waals surface area contributed by atoms with E-state index in [1.807, 2.05) is 7.05 Å². The van der Waals surface area contributed by atoms with Crippen molar-refractivity contribution in [1.29, 1.82) is 0 Å². The Hall–Kier alpha value is -1.43. The molecule has 0 aromatic carbocycles. The number of rotatable bonds is 5. The fraction of sp³-hybridized carbons (Fsp3) is 0.789. The lowest BCUT2D eigenvalue weighted by atomic mass is 10.2. The number of piperazine rings is 1. The van der Waals surface area contributed by atoms with Gasteiger partial charge in [-0.3, -0.25) is 14.4 Å². The predicted octanol–water partition coefficient (Wildman–Crippen LogP) is 0.919. The number of nitrogens with zero attached hydrogens (tertiary/aromatic N) is 7. The molecule has 0 bridgehead atoms. The number of amides is 1. The summed E-state index contributed by atoms with van der Waals surface area (Å²) in [6.45, 7) is 9.32. The first-order valence-corrected chi connectivity index (χ1v) is 10.5. The van der Waals surface area contributed by atoms with Gasteiger partial charge in [0, 0.05) is 52.9 Å². The van der Waals surface area contributed by atoms with Crippen molar-refractivity contribution in [1.82, 2.24) is 34.8 Å². The maximum Gasteiger partial charge on any atom is 0.236 e. The maximum absolute atomic E-state index is 12.6. The topological polar surface area (TPSA) is 81.9 Å². The average molecular weight is 518 g/mol. The number of nitrogens with one attached hydrogen (secondary N) is 1. The number of aromatic nitrogens is 3. The molecule has 2 fully saturated rings. The molecule has 2 saturated heterocycles. The molecule has 0 unspecified atom stereocenters. The van der Waals surface area contributed by atoms with Gasteiger partial charge < -0.3 is 15.1 Å². The van der Waals surface area contributed by atoms with Gasteiger partial charge in [0.05, 0.1) is 6.54 Å². The summed E-state index contributed by atoms with van der Waals surface area (Å²) >= 11 is 0. The van der Waals surface area contributed by atoms with Crippen LogP contribution < -0.4 is 5.32 Å². The van der Waals surface area contributed by atoms with Crippen molar-refractivity contribution in [2.45, 2.75) is 39.2 Å². The minimum Gasteiger partial charge on any atom is -0.357 e. The number of carbonyl (C=O) groups is 1. The van der Waals surface area contributed by atoms with Crippen LogP contribution in [0.5, 0.6) is 0 Å². The Balaban J connectivity index is 0.00000300. The van der Waals surface area contributed by atoms with Gasteiger partial charge in [-0.15, -0.1) is 24.0 Å². The third-order valence-corrected chi connectivity index (χ3v) is 5.50. The highest BCUT2D eigenvalue weighted by Gasteiger charge is 2.23. The zero-order valence-electron chi connectivity index (χ0n) is 17.7. The fourth-order valence-electron chi connectivity index (χ4n) is 3.76. The van der Waals surface area contributed by atoms with E-state index in [1.54, 1.807) is 11.0 Å². The third-order valence-electron chi connectivity index (χ3n) is 5.50. The van der Waals surface area contributed by atoms with E-state index in [4.69, 9.17) is 4.99 Å². The minimum atomic E-state index is 0. The van der Waals surface area contributed by atoms with Crippen LogP contribution in [-0.4, -0.2) is 93.7 Å². The van der Waals surface area contributed by atoms with Gasteiger partial charge in [0.2, 0.25) is 5.91 Å². The molecule has 3 rings (SSSR count). The number of likely N-dealkylation sites (tertiary alicyclic amines) is 1. The molecule has 9 nitrogen and oxygen atoms in total. The first kappa shape index (κ1) is 23.8. The summed E-state index contributed by atoms with van der Waals surface area (Å²) in [6, 6.07) is 0. The highest BCUT2D eigenvalue weighted by atomic mass is 127. The number of halogens is 1. The summed E-state index contributed by atoms with van der Waals surface area (Å²) in [4.78, 5) is 28.2. The van der Waals surface area contributed by atoms with Gasteiger partial charge in [-0.1, -0.05) is 12.8 Å². The molecule has 2 aliphatic rings. The molecule has 0 aliphatic carbocycles. The molecule has 1 aromatic heterocycles. The number of guanidine groups is 1. The van der Waals surface area contributed by atoms with Gasteiger partial charge >= 0.3 is 0 Å². The second-order valence-corrected chi connectivity index (χ2v) is 7.53. The van der Waals surface area contributed by atoms with E-state index in [9.17, 15) is 4.79 Å². The van der Waals surface area contributed by atoms with Crippen LogP contribution in [0.2, 0.25) is 0 Å². The minimum absolute atomic E-state index is 0. The van der Waals surface area contributed by atoms with Crippen molar-refractivity contribution in [3.8, 4) is 0 Å². The number of hydrogen-bond acceptors (Lipinski definition) is 5. The summed E-state index contributed by atoms with van der Waals surface area (Å²) in [5.74, 6) is 2.04.